The number of hydrogen-bond donors (Lipinski definition) is 1. The van der Waals surface area contributed by atoms with Gasteiger partial charge in [-0.3, -0.25) is 0 Å². The van der Waals surface area contributed by atoms with Gasteiger partial charge in [0.1, 0.15) is 0 Å². The standard InChI is InChI=1S/C14H17N3/c1-10(2)8-9-15-14-13-7-5-4-6-12(13)11(3)16-17-14/h4-8H,9H2,1-3H3,(H,15,17). The number of nitrogens with zero attached hydrogens (tertiary/aromatic N) is 2. The van der Waals surface area contributed by atoms with Gasteiger partial charge in [0.05, 0.1) is 5.69 Å². The Kier molecular flexibility index (Phi) is 3.38. The molecule has 0 spiro atoms. The Bertz CT molecular complexity index is 554. The van der Waals surface area contributed by atoms with Crippen molar-refractivity contribution in [3.63, 3.8) is 0 Å². The second kappa shape index (κ2) is 4.95. The molecular weight excluding hydrogens is 210 g/mol. The molecule has 3 heteroatoms. The molecule has 0 radical (unpaired) electrons. The first-order valence-electron chi connectivity index (χ1n) is 5.78. The number of hydrogen-bond acceptors (Lipinski definition) is 3. The SMILES string of the molecule is CC(C)=CCNc1nnc(C)c2ccccc12. The molecule has 0 bridgehead atoms. The highest BCUT2D eigenvalue weighted by Gasteiger charge is 2.04. The highest BCUT2D eigenvalue weighted by Crippen LogP contribution is 2.21. The molecular formula is C14H17N3. The summed E-state index contributed by atoms with van der Waals surface area (Å²) < 4.78 is 0. The molecule has 1 aromatic carbocycles. The summed E-state index contributed by atoms with van der Waals surface area (Å²) in [6, 6.07) is 8.19. The molecule has 2 rings (SSSR count). The quantitative estimate of drug-likeness (QED) is 0.817. The maximum Gasteiger partial charge on any atom is 0.156 e. The second-order valence-electron chi connectivity index (χ2n) is 4.34. The predicted molar refractivity (Wildman–Crippen MR) is 72.2 cm³/mol. The minimum Gasteiger partial charge on any atom is -0.365 e. The third kappa shape index (κ3) is 2.61. The number of anilines is 1. The fraction of sp³-hybridized carbons (Fsp3) is 0.286. The first-order chi connectivity index (χ1) is 8.18. The predicted octanol–water partition coefficient (Wildman–Crippen LogP) is 3.32. The van der Waals surface area contributed by atoms with Crippen molar-refractivity contribution in [1.82, 2.24) is 10.2 Å². The van der Waals surface area contributed by atoms with E-state index in [0.717, 1.165) is 28.8 Å². The van der Waals surface area contributed by atoms with Crippen LogP contribution in [0, 0.1) is 6.92 Å². The van der Waals surface area contributed by atoms with Gasteiger partial charge in [-0.25, -0.2) is 0 Å². The van der Waals surface area contributed by atoms with Crippen molar-refractivity contribution in [2.45, 2.75) is 20.8 Å². The molecule has 1 heterocycles. The summed E-state index contributed by atoms with van der Waals surface area (Å²) in [5, 5.41) is 14.0. The Labute approximate surface area is 102 Å². The number of rotatable bonds is 3. The van der Waals surface area contributed by atoms with E-state index in [9.17, 15) is 0 Å². The number of fused-ring (bicyclic) bond motifs is 1. The van der Waals surface area contributed by atoms with Crippen LogP contribution in [0.5, 0.6) is 0 Å². The van der Waals surface area contributed by atoms with Crippen LogP contribution in [0.2, 0.25) is 0 Å². The van der Waals surface area contributed by atoms with E-state index in [4.69, 9.17) is 0 Å². The van der Waals surface area contributed by atoms with Crippen molar-refractivity contribution in [1.29, 1.82) is 0 Å². The first-order valence-corrected chi connectivity index (χ1v) is 5.78. The molecule has 88 valence electrons. The summed E-state index contributed by atoms with van der Waals surface area (Å²) in [7, 11) is 0. The lowest BCUT2D eigenvalue weighted by atomic mass is 10.1. The maximum atomic E-state index is 4.21. The van der Waals surface area contributed by atoms with E-state index in [2.05, 4.69) is 47.6 Å². The van der Waals surface area contributed by atoms with Gasteiger partial charge in [-0.1, -0.05) is 35.9 Å². The van der Waals surface area contributed by atoms with Crippen LogP contribution in [-0.4, -0.2) is 16.7 Å². The normalized spacial score (nSPS) is 10.3. The summed E-state index contributed by atoms with van der Waals surface area (Å²) in [4.78, 5) is 0. The molecule has 3 nitrogen and oxygen atoms in total. The number of benzene rings is 1. The number of allylic oxidation sites excluding steroid dienone is 1. The fourth-order valence-electron chi connectivity index (χ4n) is 1.72. The number of nitrogens with one attached hydrogen (secondary N) is 1. The lowest BCUT2D eigenvalue weighted by molar-refractivity contribution is 0.996. The average molecular weight is 227 g/mol. The smallest absolute Gasteiger partial charge is 0.156 e. The minimum absolute atomic E-state index is 0.782. The van der Waals surface area contributed by atoms with Gasteiger partial charge < -0.3 is 5.32 Å². The highest BCUT2D eigenvalue weighted by molar-refractivity contribution is 5.92. The van der Waals surface area contributed by atoms with E-state index in [-0.39, 0.29) is 0 Å². The molecule has 2 aromatic rings. The Morgan fingerprint density at radius 3 is 2.59 bits per heavy atom. The van der Waals surface area contributed by atoms with Crippen molar-refractivity contribution in [2.24, 2.45) is 0 Å². The molecule has 0 aliphatic rings. The van der Waals surface area contributed by atoms with Crippen LogP contribution >= 0.6 is 0 Å². The van der Waals surface area contributed by atoms with Crippen LogP contribution in [0.25, 0.3) is 10.8 Å². The van der Waals surface area contributed by atoms with Crippen molar-refractivity contribution in [2.75, 3.05) is 11.9 Å². The summed E-state index contributed by atoms with van der Waals surface area (Å²) in [6.45, 7) is 6.93. The summed E-state index contributed by atoms with van der Waals surface area (Å²) in [5.41, 5.74) is 2.26. The van der Waals surface area contributed by atoms with Crippen molar-refractivity contribution >= 4 is 16.6 Å². The monoisotopic (exact) mass is 227 g/mol. The van der Waals surface area contributed by atoms with Gasteiger partial charge in [-0.15, -0.1) is 5.10 Å². The summed E-state index contributed by atoms with van der Waals surface area (Å²) in [6.07, 6.45) is 2.14. The van der Waals surface area contributed by atoms with Crippen LogP contribution in [0.3, 0.4) is 0 Å². The number of aryl methyl sites for hydroxylation is 1. The molecule has 1 N–H and O–H groups in total. The van der Waals surface area contributed by atoms with E-state index in [0.29, 0.717) is 0 Å². The Balaban J connectivity index is 2.35. The van der Waals surface area contributed by atoms with Gasteiger partial charge in [0.2, 0.25) is 0 Å². The lowest BCUT2D eigenvalue weighted by Gasteiger charge is -2.07. The molecule has 1 aromatic heterocycles. The van der Waals surface area contributed by atoms with Gasteiger partial charge in [-0.2, -0.15) is 5.10 Å². The van der Waals surface area contributed by atoms with Gasteiger partial charge in [0.25, 0.3) is 0 Å². The topological polar surface area (TPSA) is 37.8 Å². The average Bonchev–Trinajstić information content (AvgIpc) is 2.32. The van der Waals surface area contributed by atoms with Crippen molar-refractivity contribution in [3.05, 3.63) is 41.6 Å². The Hall–Kier alpha value is -1.90. The van der Waals surface area contributed by atoms with Crippen LogP contribution in [0.15, 0.2) is 35.9 Å². The van der Waals surface area contributed by atoms with Crippen LogP contribution in [0.1, 0.15) is 19.5 Å². The summed E-state index contributed by atoms with van der Waals surface area (Å²) in [5.74, 6) is 0.851. The third-order valence-electron chi connectivity index (χ3n) is 2.65. The molecule has 0 amide bonds. The molecule has 0 fully saturated rings. The Morgan fingerprint density at radius 1 is 1.18 bits per heavy atom. The van der Waals surface area contributed by atoms with E-state index < -0.39 is 0 Å². The first kappa shape index (κ1) is 11.6. The Morgan fingerprint density at radius 2 is 1.88 bits per heavy atom. The molecule has 0 aliphatic heterocycles. The van der Waals surface area contributed by atoms with Crippen molar-refractivity contribution < 1.29 is 0 Å². The molecule has 17 heavy (non-hydrogen) atoms. The lowest BCUT2D eigenvalue weighted by Crippen LogP contribution is -2.04. The zero-order valence-corrected chi connectivity index (χ0v) is 10.5. The maximum absolute atomic E-state index is 4.21. The van der Waals surface area contributed by atoms with E-state index in [1.807, 2.05) is 19.1 Å². The minimum atomic E-state index is 0.782. The molecule has 0 atom stereocenters. The second-order valence-corrected chi connectivity index (χ2v) is 4.34. The van der Waals surface area contributed by atoms with Gasteiger partial charge in [0.15, 0.2) is 5.82 Å². The highest BCUT2D eigenvalue weighted by atomic mass is 15.2. The van der Waals surface area contributed by atoms with E-state index in [1.54, 1.807) is 0 Å². The zero-order chi connectivity index (χ0) is 12.3. The van der Waals surface area contributed by atoms with Gasteiger partial charge >= 0.3 is 0 Å². The fourth-order valence-corrected chi connectivity index (χ4v) is 1.72. The van der Waals surface area contributed by atoms with Crippen LogP contribution in [-0.2, 0) is 0 Å². The molecule has 0 saturated carbocycles. The number of aromatic nitrogens is 2. The van der Waals surface area contributed by atoms with Gasteiger partial charge in [-0.05, 0) is 20.8 Å². The molecule has 0 saturated heterocycles. The third-order valence-corrected chi connectivity index (χ3v) is 2.65. The zero-order valence-electron chi connectivity index (χ0n) is 10.5. The van der Waals surface area contributed by atoms with Gasteiger partial charge in [0, 0.05) is 17.3 Å². The van der Waals surface area contributed by atoms with Crippen molar-refractivity contribution in [3.8, 4) is 0 Å². The molecule has 0 unspecified atom stereocenters. The largest absolute Gasteiger partial charge is 0.365 e. The molecule has 0 aliphatic carbocycles. The van der Waals surface area contributed by atoms with E-state index >= 15 is 0 Å². The van der Waals surface area contributed by atoms with E-state index in [1.165, 1.54) is 5.57 Å². The summed E-state index contributed by atoms with van der Waals surface area (Å²) >= 11 is 0. The van der Waals surface area contributed by atoms with Crippen LogP contribution in [0.4, 0.5) is 5.82 Å². The van der Waals surface area contributed by atoms with Crippen LogP contribution < -0.4 is 5.32 Å².